The molecule has 0 aromatic rings. The van der Waals surface area contributed by atoms with Gasteiger partial charge in [-0.05, 0) is 52.6 Å². The van der Waals surface area contributed by atoms with E-state index in [2.05, 4.69) is 45.0 Å². The van der Waals surface area contributed by atoms with E-state index >= 15 is 0 Å². The molecule has 3 heteroatoms. The molecule has 1 rings (SSSR count). The Hall–Kier alpha value is -0.120. The first-order valence-corrected chi connectivity index (χ1v) is 6.97. The maximum Gasteiger partial charge on any atom is 0.0611 e. The summed E-state index contributed by atoms with van der Waals surface area (Å²) in [6, 6.07) is 1.11. The number of nitrogens with one attached hydrogen (secondary N) is 1. The SMILES string of the molecule is CC(C)NC(C)(CO)CCN(C)C(C)C1CC1. The molecule has 2 N–H and O–H groups in total. The van der Waals surface area contributed by atoms with Crippen LogP contribution in [0, 0.1) is 5.92 Å². The third kappa shape index (κ3) is 4.94. The van der Waals surface area contributed by atoms with Crippen molar-refractivity contribution in [2.75, 3.05) is 20.2 Å². The lowest BCUT2D eigenvalue weighted by Gasteiger charge is -2.34. The predicted octanol–water partition coefficient (Wildman–Crippen LogP) is 1.86. The Labute approximate surface area is 107 Å². The summed E-state index contributed by atoms with van der Waals surface area (Å²) in [4.78, 5) is 2.44. The molecular formula is C14H30N2O. The molecule has 0 aromatic heterocycles. The van der Waals surface area contributed by atoms with Crippen LogP contribution in [0.1, 0.15) is 47.0 Å². The Kier molecular flexibility index (Phi) is 5.42. The van der Waals surface area contributed by atoms with E-state index in [-0.39, 0.29) is 12.1 Å². The monoisotopic (exact) mass is 242 g/mol. The molecule has 0 amide bonds. The maximum absolute atomic E-state index is 9.53. The fourth-order valence-electron chi connectivity index (χ4n) is 2.46. The zero-order chi connectivity index (χ0) is 13.1. The van der Waals surface area contributed by atoms with Gasteiger partial charge in [-0.25, -0.2) is 0 Å². The molecule has 1 saturated carbocycles. The van der Waals surface area contributed by atoms with E-state index in [1.807, 2.05) is 0 Å². The molecular weight excluding hydrogens is 212 g/mol. The Morgan fingerprint density at radius 3 is 2.35 bits per heavy atom. The van der Waals surface area contributed by atoms with Gasteiger partial charge in [-0.2, -0.15) is 0 Å². The fraction of sp³-hybridized carbons (Fsp3) is 1.00. The van der Waals surface area contributed by atoms with Crippen LogP contribution in [-0.2, 0) is 0 Å². The van der Waals surface area contributed by atoms with Crippen molar-refractivity contribution in [3.8, 4) is 0 Å². The summed E-state index contributed by atoms with van der Waals surface area (Å²) < 4.78 is 0. The lowest BCUT2D eigenvalue weighted by Crippen LogP contribution is -2.51. The average Bonchev–Trinajstić information content (AvgIpc) is 3.07. The van der Waals surface area contributed by atoms with Crippen LogP contribution in [0.3, 0.4) is 0 Å². The molecule has 0 bridgehead atoms. The van der Waals surface area contributed by atoms with Crippen LogP contribution in [0.5, 0.6) is 0 Å². The highest BCUT2D eigenvalue weighted by Gasteiger charge is 2.31. The minimum Gasteiger partial charge on any atom is -0.394 e. The van der Waals surface area contributed by atoms with Gasteiger partial charge >= 0.3 is 0 Å². The third-order valence-corrected chi connectivity index (χ3v) is 4.00. The van der Waals surface area contributed by atoms with Crippen molar-refractivity contribution >= 4 is 0 Å². The van der Waals surface area contributed by atoms with Gasteiger partial charge < -0.3 is 15.3 Å². The first-order chi connectivity index (χ1) is 7.88. The van der Waals surface area contributed by atoms with E-state index < -0.39 is 0 Å². The van der Waals surface area contributed by atoms with Crippen molar-refractivity contribution < 1.29 is 5.11 Å². The van der Waals surface area contributed by atoms with Gasteiger partial charge in [0.2, 0.25) is 0 Å². The van der Waals surface area contributed by atoms with Gasteiger partial charge in [0.15, 0.2) is 0 Å². The minimum atomic E-state index is -0.147. The molecule has 2 atom stereocenters. The van der Waals surface area contributed by atoms with E-state index in [4.69, 9.17) is 0 Å². The molecule has 0 heterocycles. The maximum atomic E-state index is 9.53. The third-order valence-electron chi connectivity index (χ3n) is 4.00. The molecule has 0 aliphatic heterocycles. The molecule has 0 saturated heterocycles. The van der Waals surface area contributed by atoms with E-state index in [1.165, 1.54) is 12.8 Å². The second kappa shape index (κ2) is 6.17. The van der Waals surface area contributed by atoms with Gasteiger partial charge in [0, 0.05) is 17.6 Å². The number of rotatable bonds is 8. The van der Waals surface area contributed by atoms with Crippen LogP contribution in [0.4, 0.5) is 0 Å². The van der Waals surface area contributed by atoms with E-state index in [1.54, 1.807) is 0 Å². The quantitative estimate of drug-likeness (QED) is 0.682. The van der Waals surface area contributed by atoms with Gasteiger partial charge in [0.1, 0.15) is 0 Å². The standard InChI is InChI=1S/C14H30N2O/c1-11(2)15-14(4,10-17)8-9-16(5)12(3)13-6-7-13/h11-13,15,17H,6-10H2,1-5H3. The number of hydrogen-bond acceptors (Lipinski definition) is 3. The zero-order valence-electron chi connectivity index (χ0n) is 12.2. The van der Waals surface area contributed by atoms with Crippen molar-refractivity contribution in [1.82, 2.24) is 10.2 Å². The van der Waals surface area contributed by atoms with Crippen LogP contribution in [0.25, 0.3) is 0 Å². The van der Waals surface area contributed by atoms with Crippen LogP contribution in [-0.4, -0.2) is 47.8 Å². The second-order valence-electron chi connectivity index (χ2n) is 6.33. The van der Waals surface area contributed by atoms with Crippen LogP contribution < -0.4 is 5.32 Å². The molecule has 0 radical (unpaired) electrons. The van der Waals surface area contributed by atoms with Crippen LogP contribution >= 0.6 is 0 Å². The normalized spacial score (nSPS) is 21.9. The first-order valence-electron chi connectivity index (χ1n) is 6.97. The highest BCUT2D eigenvalue weighted by Crippen LogP contribution is 2.34. The van der Waals surface area contributed by atoms with Gasteiger partial charge in [-0.1, -0.05) is 13.8 Å². The summed E-state index contributed by atoms with van der Waals surface area (Å²) in [7, 11) is 2.20. The summed E-state index contributed by atoms with van der Waals surface area (Å²) in [5.41, 5.74) is -0.147. The Morgan fingerprint density at radius 2 is 1.94 bits per heavy atom. The minimum absolute atomic E-state index is 0.147. The lowest BCUT2D eigenvalue weighted by molar-refractivity contribution is 0.132. The van der Waals surface area contributed by atoms with Crippen LogP contribution in [0.15, 0.2) is 0 Å². The first kappa shape index (κ1) is 14.9. The van der Waals surface area contributed by atoms with Crippen molar-refractivity contribution in [1.29, 1.82) is 0 Å². The van der Waals surface area contributed by atoms with E-state index in [0.29, 0.717) is 12.1 Å². The zero-order valence-corrected chi connectivity index (χ0v) is 12.2. The Morgan fingerprint density at radius 1 is 1.35 bits per heavy atom. The highest BCUT2D eigenvalue weighted by molar-refractivity contribution is 4.88. The molecule has 1 aliphatic carbocycles. The van der Waals surface area contributed by atoms with Gasteiger partial charge in [-0.15, -0.1) is 0 Å². The largest absolute Gasteiger partial charge is 0.394 e. The molecule has 2 unspecified atom stereocenters. The van der Waals surface area contributed by atoms with Crippen LogP contribution in [0.2, 0.25) is 0 Å². The molecule has 1 aliphatic rings. The van der Waals surface area contributed by atoms with Gasteiger partial charge in [-0.3, -0.25) is 0 Å². The number of nitrogens with zero attached hydrogens (tertiary/aromatic N) is 1. The molecule has 0 aromatic carbocycles. The summed E-state index contributed by atoms with van der Waals surface area (Å²) >= 11 is 0. The van der Waals surface area contributed by atoms with Gasteiger partial charge in [0.05, 0.1) is 6.61 Å². The Balaban J connectivity index is 2.35. The smallest absolute Gasteiger partial charge is 0.0611 e. The summed E-state index contributed by atoms with van der Waals surface area (Å²) in [6.45, 7) is 9.95. The average molecular weight is 242 g/mol. The number of aliphatic hydroxyl groups is 1. The Bertz CT molecular complexity index is 228. The lowest BCUT2D eigenvalue weighted by atomic mass is 9.97. The van der Waals surface area contributed by atoms with Crippen molar-refractivity contribution in [3.05, 3.63) is 0 Å². The molecule has 0 spiro atoms. The second-order valence-corrected chi connectivity index (χ2v) is 6.33. The summed E-state index contributed by atoms with van der Waals surface area (Å²) in [5, 5.41) is 13.0. The molecule has 17 heavy (non-hydrogen) atoms. The summed E-state index contributed by atoms with van der Waals surface area (Å²) in [5.74, 6) is 0.915. The highest BCUT2D eigenvalue weighted by atomic mass is 16.3. The van der Waals surface area contributed by atoms with Crippen molar-refractivity contribution in [2.24, 2.45) is 5.92 Å². The summed E-state index contributed by atoms with van der Waals surface area (Å²) in [6.07, 6.45) is 3.79. The fourth-order valence-corrected chi connectivity index (χ4v) is 2.46. The number of hydrogen-bond donors (Lipinski definition) is 2. The number of aliphatic hydroxyl groups excluding tert-OH is 1. The molecule has 102 valence electrons. The van der Waals surface area contributed by atoms with E-state index in [0.717, 1.165) is 18.9 Å². The molecule has 3 nitrogen and oxygen atoms in total. The van der Waals surface area contributed by atoms with Crippen molar-refractivity contribution in [2.45, 2.75) is 64.6 Å². The predicted molar refractivity (Wildman–Crippen MR) is 73.2 cm³/mol. The van der Waals surface area contributed by atoms with Gasteiger partial charge in [0.25, 0.3) is 0 Å². The topological polar surface area (TPSA) is 35.5 Å². The molecule has 1 fully saturated rings. The van der Waals surface area contributed by atoms with Crippen molar-refractivity contribution in [3.63, 3.8) is 0 Å². The van der Waals surface area contributed by atoms with E-state index in [9.17, 15) is 5.11 Å².